The number of nitrogens with zero attached hydrogens (tertiary/aromatic N) is 1. The maximum absolute atomic E-state index is 12.3. The summed E-state index contributed by atoms with van der Waals surface area (Å²) in [6, 6.07) is 0.105. The summed E-state index contributed by atoms with van der Waals surface area (Å²) in [7, 11) is 0. The van der Waals surface area contributed by atoms with Crippen LogP contribution < -0.4 is 0 Å². The molecule has 0 aliphatic carbocycles. The van der Waals surface area contributed by atoms with Crippen LogP contribution in [0, 0.1) is 0 Å². The van der Waals surface area contributed by atoms with Crippen molar-refractivity contribution >= 4 is 6.09 Å². The van der Waals surface area contributed by atoms with Crippen molar-refractivity contribution in [3.05, 3.63) is 0 Å². The van der Waals surface area contributed by atoms with Crippen LogP contribution in [0.2, 0.25) is 0 Å². The number of carbonyl (C=O) groups excluding carboxylic acids is 1. The third-order valence-corrected chi connectivity index (χ3v) is 3.58. The smallest absolute Gasteiger partial charge is 0.410 e. The Morgan fingerprint density at radius 3 is 2.05 bits per heavy atom. The van der Waals surface area contributed by atoms with Gasteiger partial charge in [-0.25, -0.2) is 4.79 Å². The average molecular weight is 271 g/mol. The molecule has 0 N–H and O–H groups in total. The molecule has 2 aliphatic heterocycles. The predicted molar refractivity (Wildman–Crippen MR) is 70.9 cm³/mol. The van der Waals surface area contributed by atoms with Crippen LogP contribution in [0.5, 0.6) is 0 Å². The normalized spacial score (nSPS) is 30.7. The Kier molecular flexibility index (Phi) is 3.80. The minimum Gasteiger partial charge on any atom is -0.444 e. The molecule has 0 aromatic heterocycles. The van der Waals surface area contributed by atoms with E-state index in [4.69, 9.17) is 14.2 Å². The number of piperidine rings is 1. The summed E-state index contributed by atoms with van der Waals surface area (Å²) in [6.45, 7) is 11.0. The highest BCUT2D eigenvalue weighted by Gasteiger charge is 2.48. The van der Waals surface area contributed by atoms with Gasteiger partial charge < -0.3 is 19.1 Å². The van der Waals surface area contributed by atoms with Gasteiger partial charge in [0.15, 0.2) is 5.79 Å². The molecule has 0 aromatic carbocycles. The Balaban J connectivity index is 2.05. The number of ether oxygens (including phenoxy) is 3. The van der Waals surface area contributed by atoms with E-state index in [2.05, 4.69) is 0 Å². The van der Waals surface area contributed by atoms with Gasteiger partial charge in [-0.1, -0.05) is 0 Å². The third-order valence-electron chi connectivity index (χ3n) is 3.58. The zero-order valence-corrected chi connectivity index (χ0v) is 12.6. The van der Waals surface area contributed by atoms with Crippen molar-refractivity contribution in [2.45, 2.75) is 70.9 Å². The zero-order valence-electron chi connectivity index (χ0n) is 12.6. The highest BCUT2D eigenvalue weighted by Crippen LogP contribution is 2.38. The first kappa shape index (κ1) is 14.6. The molecule has 2 rings (SSSR count). The minimum atomic E-state index is -0.489. The van der Waals surface area contributed by atoms with E-state index in [0.717, 1.165) is 0 Å². The van der Waals surface area contributed by atoms with Crippen LogP contribution in [0.3, 0.4) is 0 Å². The molecule has 2 saturated heterocycles. The summed E-state index contributed by atoms with van der Waals surface area (Å²) >= 11 is 0. The molecule has 19 heavy (non-hydrogen) atoms. The summed E-state index contributed by atoms with van der Waals surface area (Å²) < 4.78 is 17.0. The lowest BCUT2D eigenvalue weighted by molar-refractivity contribution is -0.202. The Morgan fingerprint density at radius 1 is 1.16 bits per heavy atom. The van der Waals surface area contributed by atoms with Gasteiger partial charge in [-0.05, 0) is 34.6 Å². The number of amides is 1. The Hall–Kier alpha value is -0.810. The largest absolute Gasteiger partial charge is 0.444 e. The first-order valence-corrected chi connectivity index (χ1v) is 7.02. The second-order valence-corrected chi connectivity index (χ2v) is 6.60. The number of carbonyl (C=O) groups is 1. The second-order valence-electron chi connectivity index (χ2n) is 6.60. The van der Waals surface area contributed by atoms with Gasteiger partial charge in [-0.3, -0.25) is 0 Å². The molecule has 5 nitrogen and oxygen atoms in total. The molecule has 0 aromatic rings. The van der Waals surface area contributed by atoms with E-state index in [9.17, 15) is 4.79 Å². The van der Waals surface area contributed by atoms with Gasteiger partial charge in [0.2, 0.25) is 0 Å². The molecule has 0 unspecified atom stereocenters. The van der Waals surface area contributed by atoms with Crippen molar-refractivity contribution in [3.63, 3.8) is 0 Å². The lowest BCUT2D eigenvalue weighted by atomic mass is 9.92. The minimum absolute atomic E-state index is 0.0525. The fourth-order valence-corrected chi connectivity index (χ4v) is 3.02. The first-order valence-electron chi connectivity index (χ1n) is 7.02. The molecule has 0 bridgehead atoms. The van der Waals surface area contributed by atoms with E-state index in [0.29, 0.717) is 26.1 Å². The molecule has 5 heteroatoms. The lowest BCUT2D eigenvalue weighted by Crippen LogP contribution is -2.57. The standard InChI is InChI=1S/C14H25NO4/c1-10-8-14(17-6-7-18-14)9-11(2)15(10)12(16)19-13(3,4)5/h10-11H,6-9H2,1-5H3/t10-,11-/m1/s1. The molecule has 2 fully saturated rings. The molecule has 2 atom stereocenters. The van der Waals surface area contributed by atoms with Crippen LogP contribution in [0.4, 0.5) is 4.79 Å². The average Bonchev–Trinajstić information content (AvgIpc) is 2.61. The van der Waals surface area contributed by atoms with E-state index < -0.39 is 11.4 Å². The maximum Gasteiger partial charge on any atom is 0.410 e. The molecular weight excluding hydrogens is 246 g/mol. The van der Waals surface area contributed by atoms with E-state index in [1.165, 1.54) is 0 Å². The van der Waals surface area contributed by atoms with Gasteiger partial charge in [-0.2, -0.15) is 0 Å². The van der Waals surface area contributed by atoms with Crippen LogP contribution in [0.25, 0.3) is 0 Å². The van der Waals surface area contributed by atoms with E-state index in [-0.39, 0.29) is 18.2 Å². The highest BCUT2D eigenvalue weighted by atomic mass is 16.7. The summed E-state index contributed by atoms with van der Waals surface area (Å²) in [5.41, 5.74) is -0.466. The fourth-order valence-electron chi connectivity index (χ4n) is 3.02. The summed E-state index contributed by atoms with van der Waals surface area (Å²) in [6.07, 6.45) is 1.16. The summed E-state index contributed by atoms with van der Waals surface area (Å²) in [5.74, 6) is -0.489. The van der Waals surface area contributed by atoms with E-state index in [1.54, 1.807) is 0 Å². The van der Waals surface area contributed by atoms with Crippen molar-refractivity contribution in [2.75, 3.05) is 13.2 Å². The monoisotopic (exact) mass is 271 g/mol. The van der Waals surface area contributed by atoms with Gasteiger partial charge in [0.1, 0.15) is 5.60 Å². The van der Waals surface area contributed by atoms with Gasteiger partial charge >= 0.3 is 6.09 Å². The molecule has 0 radical (unpaired) electrons. The van der Waals surface area contributed by atoms with Crippen molar-refractivity contribution in [2.24, 2.45) is 0 Å². The quantitative estimate of drug-likeness (QED) is 0.679. The van der Waals surface area contributed by atoms with E-state index in [1.807, 2.05) is 39.5 Å². The molecule has 110 valence electrons. The summed E-state index contributed by atoms with van der Waals surface area (Å²) in [5, 5.41) is 0. The topological polar surface area (TPSA) is 48.0 Å². The molecule has 1 amide bonds. The summed E-state index contributed by atoms with van der Waals surface area (Å²) in [4.78, 5) is 14.1. The fraction of sp³-hybridized carbons (Fsp3) is 0.929. The van der Waals surface area contributed by atoms with Crippen molar-refractivity contribution in [1.82, 2.24) is 4.90 Å². The van der Waals surface area contributed by atoms with Crippen LogP contribution in [0.15, 0.2) is 0 Å². The van der Waals surface area contributed by atoms with Gasteiger partial charge in [0.25, 0.3) is 0 Å². The first-order chi connectivity index (χ1) is 8.72. The molecule has 0 saturated carbocycles. The predicted octanol–water partition coefficient (Wildman–Crippen LogP) is 2.54. The van der Waals surface area contributed by atoms with Crippen LogP contribution in [0.1, 0.15) is 47.5 Å². The van der Waals surface area contributed by atoms with Gasteiger partial charge in [0, 0.05) is 24.9 Å². The molecular formula is C14H25NO4. The molecule has 1 spiro atoms. The van der Waals surface area contributed by atoms with Gasteiger partial charge in [0.05, 0.1) is 13.2 Å². The van der Waals surface area contributed by atoms with Crippen LogP contribution in [-0.4, -0.2) is 47.7 Å². The number of hydrogen-bond acceptors (Lipinski definition) is 4. The SMILES string of the molecule is C[C@@H]1CC2(C[C@@H](C)N1C(=O)OC(C)(C)C)OCCO2. The maximum atomic E-state index is 12.3. The number of hydrogen-bond donors (Lipinski definition) is 0. The zero-order chi connectivity index (χ0) is 14.3. The van der Waals surface area contributed by atoms with Gasteiger partial charge in [-0.15, -0.1) is 0 Å². The van der Waals surface area contributed by atoms with Crippen LogP contribution in [-0.2, 0) is 14.2 Å². The van der Waals surface area contributed by atoms with Crippen molar-refractivity contribution in [1.29, 1.82) is 0 Å². The highest BCUT2D eigenvalue weighted by molar-refractivity contribution is 5.69. The third kappa shape index (κ3) is 3.20. The van der Waals surface area contributed by atoms with Crippen LogP contribution >= 0.6 is 0 Å². The number of rotatable bonds is 0. The molecule has 2 aliphatic rings. The lowest BCUT2D eigenvalue weighted by Gasteiger charge is -2.46. The van der Waals surface area contributed by atoms with Crippen molar-refractivity contribution in [3.8, 4) is 0 Å². The van der Waals surface area contributed by atoms with Crippen molar-refractivity contribution < 1.29 is 19.0 Å². The van der Waals surface area contributed by atoms with E-state index >= 15 is 0 Å². The Bertz CT molecular complexity index is 330. The Morgan fingerprint density at radius 2 is 1.63 bits per heavy atom. The Labute approximate surface area is 115 Å². The molecule has 2 heterocycles. The number of likely N-dealkylation sites (tertiary alicyclic amines) is 1. The second kappa shape index (κ2) is 4.94.